The van der Waals surface area contributed by atoms with Gasteiger partial charge in [0, 0.05) is 0 Å². The first-order valence-corrected chi connectivity index (χ1v) is 12.1. The molecule has 0 aromatic heterocycles. The van der Waals surface area contributed by atoms with Gasteiger partial charge in [0.05, 0.1) is 0 Å². The fraction of sp³-hybridized carbons (Fsp3) is 0. The Morgan fingerprint density at radius 3 is 1.13 bits per heavy atom. The second-order valence-corrected chi connectivity index (χ2v) is 10.8. The molecular formula is C30H26P+. The maximum atomic E-state index is 4.01. The Hall–Kier alpha value is -3.47. The SMILES string of the molecule is C=Cc1cccc([P+](c2ccccc2)(c2cccc(C=C)c2)c2cccc(C=C)c2)c1. The Balaban J connectivity index is 2.18. The highest BCUT2D eigenvalue weighted by Crippen LogP contribution is 2.54. The predicted octanol–water partition coefficient (Wildman–Crippen LogP) is 6.24. The molecule has 0 saturated heterocycles. The van der Waals surface area contributed by atoms with E-state index in [9.17, 15) is 0 Å². The van der Waals surface area contributed by atoms with E-state index in [1.54, 1.807) is 0 Å². The summed E-state index contributed by atoms with van der Waals surface area (Å²) < 4.78 is 0. The van der Waals surface area contributed by atoms with E-state index >= 15 is 0 Å². The van der Waals surface area contributed by atoms with E-state index in [1.165, 1.54) is 21.2 Å². The molecule has 150 valence electrons. The van der Waals surface area contributed by atoms with Crippen molar-refractivity contribution >= 4 is 46.7 Å². The van der Waals surface area contributed by atoms with Gasteiger partial charge in [0.15, 0.2) is 0 Å². The third kappa shape index (κ3) is 3.83. The minimum absolute atomic E-state index is 1.12. The zero-order valence-corrected chi connectivity index (χ0v) is 18.5. The molecule has 0 unspecified atom stereocenters. The summed E-state index contributed by atoms with van der Waals surface area (Å²) in [5.74, 6) is 0. The molecule has 0 atom stereocenters. The summed E-state index contributed by atoms with van der Waals surface area (Å²) in [6.45, 7) is 12.0. The van der Waals surface area contributed by atoms with Gasteiger partial charge < -0.3 is 0 Å². The van der Waals surface area contributed by atoms with Gasteiger partial charge in [0.1, 0.15) is 28.5 Å². The lowest BCUT2D eigenvalue weighted by Gasteiger charge is -2.28. The lowest BCUT2D eigenvalue weighted by atomic mass is 10.2. The van der Waals surface area contributed by atoms with E-state index in [-0.39, 0.29) is 0 Å². The van der Waals surface area contributed by atoms with Gasteiger partial charge in [0.25, 0.3) is 0 Å². The molecule has 0 radical (unpaired) electrons. The van der Waals surface area contributed by atoms with Crippen molar-refractivity contribution < 1.29 is 0 Å². The fourth-order valence-corrected chi connectivity index (χ4v) is 8.49. The smallest absolute Gasteiger partial charge is 0.0985 e. The maximum absolute atomic E-state index is 4.01. The fourth-order valence-electron chi connectivity index (χ4n) is 4.13. The van der Waals surface area contributed by atoms with E-state index < -0.39 is 7.26 Å². The second-order valence-electron chi connectivity index (χ2n) is 7.40. The Bertz CT molecular complexity index is 1110. The first-order valence-electron chi connectivity index (χ1n) is 10.4. The normalized spacial score (nSPS) is 11.0. The monoisotopic (exact) mass is 417 g/mol. The highest BCUT2D eigenvalue weighted by molar-refractivity contribution is 8.01. The first kappa shape index (κ1) is 20.8. The molecule has 4 aromatic rings. The van der Waals surface area contributed by atoms with Crippen LogP contribution in [0.4, 0.5) is 0 Å². The van der Waals surface area contributed by atoms with Crippen LogP contribution in [-0.2, 0) is 0 Å². The standard InChI is InChI=1S/C30H26P/c1-4-24-13-10-18-28(21-24)31(27-16-8-7-9-17-27,29-19-11-14-25(5-2)22-29)30-20-12-15-26(6-3)23-30/h4-23H,1-3H2/q+1. The third-order valence-electron chi connectivity index (χ3n) is 5.62. The van der Waals surface area contributed by atoms with Crippen molar-refractivity contribution in [3.8, 4) is 0 Å². The van der Waals surface area contributed by atoms with Crippen molar-refractivity contribution in [3.63, 3.8) is 0 Å². The van der Waals surface area contributed by atoms with Crippen molar-refractivity contribution in [3.05, 3.63) is 140 Å². The van der Waals surface area contributed by atoms with Gasteiger partial charge in [-0.25, -0.2) is 0 Å². The van der Waals surface area contributed by atoms with Crippen molar-refractivity contribution in [2.75, 3.05) is 0 Å². The number of hydrogen-bond donors (Lipinski definition) is 0. The van der Waals surface area contributed by atoms with Crippen LogP contribution < -0.4 is 21.2 Å². The lowest BCUT2D eigenvalue weighted by molar-refractivity contribution is 1.66. The van der Waals surface area contributed by atoms with Crippen LogP contribution in [0.1, 0.15) is 16.7 Å². The lowest BCUT2D eigenvalue weighted by Crippen LogP contribution is -2.39. The third-order valence-corrected chi connectivity index (χ3v) is 9.85. The minimum atomic E-state index is -2.17. The topological polar surface area (TPSA) is 0 Å². The van der Waals surface area contributed by atoms with Crippen LogP contribution in [-0.4, -0.2) is 0 Å². The Morgan fingerprint density at radius 2 is 0.774 bits per heavy atom. The molecule has 0 heterocycles. The molecule has 0 aliphatic carbocycles. The first-order chi connectivity index (χ1) is 15.2. The number of benzene rings is 4. The summed E-state index contributed by atoms with van der Waals surface area (Å²) in [7, 11) is -2.17. The Kier molecular flexibility index (Phi) is 6.12. The highest BCUT2D eigenvalue weighted by atomic mass is 31.2. The van der Waals surface area contributed by atoms with Crippen molar-refractivity contribution in [2.24, 2.45) is 0 Å². The van der Waals surface area contributed by atoms with Crippen molar-refractivity contribution in [1.82, 2.24) is 0 Å². The van der Waals surface area contributed by atoms with E-state index in [1.807, 2.05) is 18.2 Å². The Morgan fingerprint density at radius 1 is 0.419 bits per heavy atom. The second kappa shape index (κ2) is 9.13. The van der Waals surface area contributed by atoms with E-state index in [0.717, 1.165) is 16.7 Å². The largest absolute Gasteiger partial charge is 0.144 e. The van der Waals surface area contributed by atoms with E-state index in [2.05, 4.69) is 123 Å². The van der Waals surface area contributed by atoms with Crippen LogP contribution in [0.5, 0.6) is 0 Å². The average molecular weight is 418 g/mol. The predicted molar refractivity (Wildman–Crippen MR) is 141 cm³/mol. The summed E-state index contributed by atoms with van der Waals surface area (Å²) in [5, 5.41) is 5.23. The van der Waals surface area contributed by atoms with Gasteiger partial charge >= 0.3 is 0 Å². The van der Waals surface area contributed by atoms with Crippen LogP contribution in [0.2, 0.25) is 0 Å². The number of rotatable bonds is 7. The molecule has 0 bridgehead atoms. The molecule has 0 nitrogen and oxygen atoms in total. The highest BCUT2D eigenvalue weighted by Gasteiger charge is 2.48. The van der Waals surface area contributed by atoms with Crippen LogP contribution in [0, 0.1) is 0 Å². The Labute approximate surface area is 186 Å². The van der Waals surface area contributed by atoms with Crippen LogP contribution in [0.15, 0.2) is 123 Å². The molecule has 0 spiro atoms. The molecule has 0 N–H and O–H groups in total. The molecule has 0 fully saturated rings. The summed E-state index contributed by atoms with van der Waals surface area (Å²) in [6, 6.07) is 37.2. The molecule has 0 amide bonds. The van der Waals surface area contributed by atoms with Crippen LogP contribution in [0.3, 0.4) is 0 Å². The van der Waals surface area contributed by atoms with Gasteiger partial charge in [-0.2, -0.15) is 0 Å². The van der Waals surface area contributed by atoms with Gasteiger partial charge in [-0.1, -0.05) is 92.6 Å². The minimum Gasteiger partial charge on any atom is -0.0985 e. The van der Waals surface area contributed by atoms with Crippen LogP contribution in [0.25, 0.3) is 18.2 Å². The molecule has 0 aliphatic rings. The number of hydrogen-bond acceptors (Lipinski definition) is 0. The average Bonchev–Trinajstić information content (AvgIpc) is 2.85. The molecule has 1 heteroatoms. The summed E-state index contributed by atoms with van der Waals surface area (Å²) in [5.41, 5.74) is 3.37. The van der Waals surface area contributed by atoms with Crippen molar-refractivity contribution in [2.45, 2.75) is 0 Å². The summed E-state index contributed by atoms with van der Waals surface area (Å²) >= 11 is 0. The summed E-state index contributed by atoms with van der Waals surface area (Å²) in [4.78, 5) is 0. The molecule has 0 saturated carbocycles. The van der Waals surface area contributed by atoms with Gasteiger partial charge in [0.2, 0.25) is 0 Å². The van der Waals surface area contributed by atoms with Gasteiger partial charge in [-0.15, -0.1) is 0 Å². The van der Waals surface area contributed by atoms with E-state index in [0.29, 0.717) is 0 Å². The zero-order valence-electron chi connectivity index (χ0n) is 17.6. The van der Waals surface area contributed by atoms with Gasteiger partial charge in [-0.3, -0.25) is 0 Å². The molecule has 4 rings (SSSR count). The van der Waals surface area contributed by atoms with Gasteiger partial charge in [-0.05, 0) is 65.2 Å². The molecular weight excluding hydrogens is 391 g/mol. The quantitative estimate of drug-likeness (QED) is 0.313. The van der Waals surface area contributed by atoms with Crippen molar-refractivity contribution in [1.29, 1.82) is 0 Å². The summed E-state index contributed by atoms with van der Waals surface area (Å²) in [6.07, 6.45) is 5.76. The molecule has 4 aromatic carbocycles. The molecule has 31 heavy (non-hydrogen) atoms. The van der Waals surface area contributed by atoms with E-state index in [4.69, 9.17) is 0 Å². The molecule has 0 aliphatic heterocycles. The van der Waals surface area contributed by atoms with Crippen LogP contribution >= 0.6 is 7.26 Å². The maximum Gasteiger partial charge on any atom is 0.144 e. The zero-order chi connectivity index (χ0) is 21.7.